The quantitative estimate of drug-likeness (QED) is 0.347. The predicted octanol–water partition coefficient (Wildman–Crippen LogP) is 5.11. The molecule has 6 nitrogen and oxygen atoms in total. The van der Waals surface area contributed by atoms with Crippen LogP contribution in [-0.4, -0.2) is 27.9 Å². The largest absolute Gasteiger partial charge is 0.493 e. The van der Waals surface area contributed by atoms with Crippen molar-refractivity contribution in [1.29, 1.82) is 0 Å². The van der Waals surface area contributed by atoms with Gasteiger partial charge in [-0.3, -0.25) is 14.5 Å². The number of aromatic nitrogens is 2. The van der Waals surface area contributed by atoms with E-state index in [2.05, 4.69) is 35.1 Å². The van der Waals surface area contributed by atoms with Crippen LogP contribution in [0.15, 0.2) is 42.5 Å². The first-order valence-corrected chi connectivity index (χ1v) is 12.7. The number of rotatable bonds is 8. The van der Waals surface area contributed by atoms with Crippen molar-refractivity contribution in [2.75, 3.05) is 6.61 Å². The van der Waals surface area contributed by atoms with Gasteiger partial charge in [-0.05, 0) is 56.4 Å². The van der Waals surface area contributed by atoms with Gasteiger partial charge in [-0.15, -0.1) is 0 Å². The first-order chi connectivity index (χ1) is 16.6. The molecule has 6 heteroatoms. The normalized spacial score (nSPS) is 16.5. The zero-order valence-electron chi connectivity index (χ0n) is 20.3. The summed E-state index contributed by atoms with van der Waals surface area (Å²) in [5, 5.41) is 0. The molecule has 1 fully saturated rings. The number of benzene rings is 2. The van der Waals surface area contributed by atoms with Crippen LogP contribution in [0, 0.1) is 5.92 Å². The molecule has 1 aromatic heterocycles. The van der Waals surface area contributed by atoms with E-state index in [-0.39, 0.29) is 18.4 Å². The molecule has 0 bridgehead atoms. The maximum Gasteiger partial charge on any atom is 0.277 e. The third-order valence-electron chi connectivity index (χ3n) is 7.28. The highest BCUT2D eigenvalue weighted by molar-refractivity contribution is 6.21. The highest BCUT2D eigenvalue weighted by Gasteiger charge is 2.39. The van der Waals surface area contributed by atoms with E-state index in [4.69, 9.17) is 4.74 Å². The Morgan fingerprint density at radius 2 is 1.68 bits per heavy atom. The number of hydrogen-bond donors (Lipinski definition) is 0. The number of nitrogens with zero attached hydrogens (tertiary/aromatic N) is 3. The lowest BCUT2D eigenvalue weighted by Gasteiger charge is -2.21. The predicted molar refractivity (Wildman–Crippen MR) is 131 cm³/mol. The van der Waals surface area contributed by atoms with Crippen LogP contribution in [0.2, 0.25) is 0 Å². The Hall–Kier alpha value is -3.15. The molecular formula is C28H34N3O3+. The Labute approximate surface area is 201 Å². The minimum absolute atomic E-state index is 0.204. The van der Waals surface area contributed by atoms with Crippen LogP contribution in [0.25, 0.3) is 11.0 Å². The summed E-state index contributed by atoms with van der Waals surface area (Å²) in [5.41, 5.74) is 3.24. The van der Waals surface area contributed by atoms with E-state index in [1.807, 2.05) is 18.2 Å². The third-order valence-corrected chi connectivity index (χ3v) is 7.28. The summed E-state index contributed by atoms with van der Waals surface area (Å²) in [5.74, 6) is 2.07. The molecule has 0 saturated heterocycles. The summed E-state index contributed by atoms with van der Waals surface area (Å²) in [6.07, 6.45) is 7.27. The van der Waals surface area contributed by atoms with Crippen molar-refractivity contribution in [1.82, 2.24) is 9.47 Å². The van der Waals surface area contributed by atoms with Gasteiger partial charge in [0, 0.05) is 6.07 Å². The highest BCUT2D eigenvalue weighted by atomic mass is 16.5. The van der Waals surface area contributed by atoms with E-state index in [0.717, 1.165) is 42.1 Å². The van der Waals surface area contributed by atoms with E-state index < -0.39 is 0 Å². The fourth-order valence-corrected chi connectivity index (χ4v) is 5.56. The summed E-state index contributed by atoms with van der Waals surface area (Å²) in [4.78, 5) is 27.7. The van der Waals surface area contributed by atoms with Crippen molar-refractivity contribution in [3.05, 3.63) is 59.4 Å². The Morgan fingerprint density at radius 1 is 0.971 bits per heavy atom. The van der Waals surface area contributed by atoms with Gasteiger partial charge in [0.2, 0.25) is 0 Å². The lowest BCUT2D eigenvalue weighted by Crippen LogP contribution is -2.42. The molecule has 2 heterocycles. The number of imide groups is 1. The highest BCUT2D eigenvalue weighted by Crippen LogP contribution is 2.30. The Balaban J connectivity index is 1.58. The molecule has 3 aromatic rings. The monoisotopic (exact) mass is 460 g/mol. The molecule has 0 unspecified atom stereocenters. The number of aryl methyl sites for hydroxylation is 1. The van der Waals surface area contributed by atoms with Gasteiger partial charge in [-0.1, -0.05) is 38.3 Å². The minimum Gasteiger partial charge on any atom is -0.493 e. The van der Waals surface area contributed by atoms with Crippen molar-refractivity contribution in [2.45, 2.75) is 72.0 Å². The number of fused-ring (bicyclic) bond motifs is 2. The maximum atomic E-state index is 13.2. The molecule has 2 aromatic carbocycles. The number of hydrogen-bond acceptors (Lipinski definition) is 3. The Kier molecular flexibility index (Phi) is 6.40. The van der Waals surface area contributed by atoms with Gasteiger partial charge in [0.15, 0.2) is 11.0 Å². The van der Waals surface area contributed by atoms with Gasteiger partial charge in [0.25, 0.3) is 17.6 Å². The second-order valence-corrected chi connectivity index (χ2v) is 9.52. The first kappa shape index (κ1) is 22.6. The summed E-state index contributed by atoms with van der Waals surface area (Å²) in [6.45, 7) is 6.85. The van der Waals surface area contributed by atoms with Crippen LogP contribution in [0.5, 0.6) is 5.75 Å². The lowest BCUT2D eigenvalue weighted by atomic mass is 9.89. The molecule has 1 aliphatic heterocycles. The maximum absolute atomic E-state index is 13.2. The van der Waals surface area contributed by atoms with Crippen LogP contribution in [-0.2, 0) is 19.6 Å². The van der Waals surface area contributed by atoms with Crippen molar-refractivity contribution in [2.24, 2.45) is 5.92 Å². The molecule has 34 heavy (non-hydrogen) atoms. The minimum atomic E-state index is -0.204. The van der Waals surface area contributed by atoms with E-state index in [9.17, 15) is 9.59 Å². The summed E-state index contributed by atoms with van der Waals surface area (Å²) >= 11 is 0. The summed E-state index contributed by atoms with van der Waals surface area (Å²) in [6, 6.07) is 13.4. The second kappa shape index (κ2) is 9.61. The van der Waals surface area contributed by atoms with Crippen molar-refractivity contribution < 1.29 is 18.9 Å². The SMILES string of the molecule is CCCOc1ccc2c(c1)n(CC1CCCCC1)c(CN1C(=O)c3ccccc3C1=O)[n+]2CC. The number of imidazole rings is 1. The number of ether oxygens (including phenoxy) is 1. The van der Waals surface area contributed by atoms with Gasteiger partial charge in [0.1, 0.15) is 12.3 Å². The van der Waals surface area contributed by atoms with Gasteiger partial charge < -0.3 is 4.74 Å². The van der Waals surface area contributed by atoms with Crippen molar-refractivity contribution in [3.8, 4) is 5.75 Å². The second-order valence-electron chi connectivity index (χ2n) is 9.52. The molecular weight excluding hydrogens is 426 g/mol. The average Bonchev–Trinajstić information content (AvgIpc) is 3.29. The van der Waals surface area contributed by atoms with Gasteiger partial charge in [-0.2, -0.15) is 0 Å². The zero-order chi connectivity index (χ0) is 23.7. The van der Waals surface area contributed by atoms with Crippen LogP contribution in [0.1, 0.15) is 78.9 Å². The van der Waals surface area contributed by atoms with E-state index in [0.29, 0.717) is 23.7 Å². The van der Waals surface area contributed by atoms with E-state index >= 15 is 0 Å². The van der Waals surface area contributed by atoms with Crippen LogP contribution >= 0.6 is 0 Å². The molecule has 0 N–H and O–H groups in total. The third kappa shape index (κ3) is 3.99. The summed E-state index contributed by atoms with van der Waals surface area (Å²) < 4.78 is 10.6. The molecule has 5 rings (SSSR count). The van der Waals surface area contributed by atoms with E-state index in [1.54, 1.807) is 12.1 Å². The average molecular weight is 461 g/mol. The number of carbonyl (C=O) groups is 2. The molecule has 178 valence electrons. The molecule has 0 radical (unpaired) electrons. The Bertz CT molecular complexity index is 1190. The number of carbonyl (C=O) groups excluding carboxylic acids is 2. The van der Waals surface area contributed by atoms with Gasteiger partial charge in [0.05, 0.1) is 30.8 Å². The molecule has 1 aliphatic carbocycles. The molecule has 0 spiro atoms. The topological polar surface area (TPSA) is 55.4 Å². The molecule has 2 aliphatic rings. The van der Waals surface area contributed by atoms with Crippen LogP contribution in [0.4, 0.5) is 0 Å². The van der Waals surface area contributed by atoms with Crippen LogP contribution < -0.4 is 9.30 Å². The van der Waals surface area contributed by atoms with E-state index in [1.165, 1.54) is 37.0 Å². The van der Waals surface area contributed by atoms with Crippen molar-refractivity contribution >= 4 is 22.8 Å². The molecule has 1 saturated carbocycles. The molecule has 2 amide bonds. The Morgan fingerprint density at radius 3 is 2.32 bits per heavy atom. The zero-order valence-corrected chi connectivity index (χ0v) is 20.3. The first-order valence-electron chi connectivity index (χ1n) is 12.7. The van der Waals surface area contributed by atoms with Gasteiger partial charge >= 0.3 is 0 Å². The standard InChI is InChI=1S/C28H34N3O3/c1-3-16-34-21-14-15-24-25(17-21)30(18-20-10-6-5-7-11-20)26(29(24)4-2)19-31-27(32)22-12-8-9-13-23(22)28(31)33/h8-9,12-15,17,20H,3-7,10-11,16,18-19H2,1-2H3/q+1. The summed E-state index contributed by atoms with van der Waals surface area (Å²) in [7, 11) is 0. The van der Waals surface area contributed by atoms with Gasteiger partial charge in [-0.25, -0.2) is 9.13 Å². The number of amides is 2. The fourth-order valence-electron chi connectivity index (χ4n) is 5.56. The van der Waals surface area contributed by atoms with Crippen molar-refractivity contribution in [3.63, 3.8) is 0 Å². The smallest absolute Gasteiger partial charge is 0.277 e. The molecule has 0 atom stereocenters. The lowest BCUT2D eigenvalue weighted by molar-refractivity contribution is -0.677. The van der Waals surface area contributed by atoms with Crippen LogP contribution in [0.3, 0.4) is 0 Å². The fraction of sp³-hybridized carbons (Fsp3) is 0.464.